The van der Waals surface area contributed by atoms with E-state index in [4.69, 9.17) is 8.83 Å². The van der Waals surface area contributed by atoms with Gasteiger partial charge in [0.15, 0.2) is 0 Å². The Morgan fingerprint density at radius 3 is 1.03 bits per heavy atom. The number of benzene rings is 9. The molecule has 0 atom stereocenters. The molecular formula is C54H36N2O2. The highest BCUT2D eigenvalue weighted by molar-refractivity contribution is 6.07. The monoisotopic (exact) mass is 744 g/mol. The van der Waals surface area contributed by atoms with Gasteiger partial charge in [-0.1, -0.05) is 121 Å². The van der Waals surface area contributed by atoms with Crippen LogP contribution in [-0.4, -0.2) is 0 Å². The Morgan fingerprint density at radius 2 is 0.586 bits per heavy atom. The maximum atomic E-state index is 6.18. The van der Waals surface area contributed by atoms with E-state index in [9.17, 15) is 0 Å². The highest BCUT2D eigenvalue weighted by atomic mass is 16.3. The van der Waals surface area contributed by atoms with Crippen molar-refractivity contribution >= 4 is 78.0 Å². The van der Waals surface area contributed by atoms with Gasteiger partial charge in [0, 0.05) is 55.7 Å². The van der Waals surface area contributed by atoms with Crippen molar-refractivity contribution in [3.8, 4) is 22.3 Å². The number of rotatable bonds is 8. The van der Waals surface area contributed by atoms with Gasteiger partial charge >= 0.3 is 0 Å². The fraction of sp³-hybridized carbons (Fsp3) is 0. The lowest BCUT2D eigenvalue weighted by atomic mass is 9.99. The maximum Gasteiger partial charge on any atom is 0.135 e. The van der Waals surface area contributed by atoms with Gasteiger partial charge in [0.1, 0.15) is 22.3 Å². The average Bonchev–Trinajstić information content (AvgIpc) is 3.86. The van der Waals surface area contributed by atoms with Crippen molar-refractivity contribution in [2.24, 2.45) is 0 Å². The Balaban J connectivity index is 0.938. The summed E-state index contributed by atoms with van der Waals surface area (Å²) in [5, 5.41) is 4.43. The summed E-state index contributed by atoms with van der Waals surface area (Å²) in [6.45, 7) is 0. The van der Waals surface area contributed by atoms with Gasteiger partial charge in [-0.25, -0.2) is 0 Å². The highest BCUT2D eigenvalue weighted by Gasteiger charge is 2.18. The van der Waals surface area contributed by atoms with Crippen molar-refractivity contribution in [1.29, 1.82) is 0 Å². The van der Waals surface area contributed by atoms with Crippen molar-refractivity contribution in [3.05, 3.63) is 218 Å². The average molecular weight is 745 g/mol. The van der Waals surface area contributed by atoms with Crippen molar-refractivity contribution in [1.82, 2.24) is 0 Å². The summed E-state index contributed by atoms with van der Waals surface area (Å²) < 4.78 is 12.4. The van der Waals surface area contributed by atoms with Gasteiger partial charge in [0.25, 0.3) is 0 Å². The van der Waals surface area contributed by atoms with Gasteiger partial charge in [-0.15, -0.1) is 0 Å². The Bertz CT molecular complexity index is 3020. The van der Waals surface area contributed by atoms with E-state index in [-0.39, 0.29) is 0 Å². The van der Waals surface area contributed by atoms with Crippen LogP contribution in [0.2, 0.25) is 0 Å². The van der Waals surface area contributed by atoms with Crippen LogP contribution in [0.4, 0.5) is 34.1 Å². The van der Waals surface area contributed by atoms with E-state index in [1.54, 1.807) is 0 Å². The minimum atomic E-state index is 0.884. The van der Waals surface area contributed by atoms with E-state index in [0.29, 0.717) is 0 Å². The molecule has 4 heteroatoms. The van der Waals surface area contributed by atoms with Crippen molar-refractivity contribution < 1.29 is 8.83 Å². The summed E-state index contributed by atoms with van der Waals surface area (Å²) >= 11 is 0. The third-order valence-electron chi connectivity index (χ3n) is 11.0. The van der Waals surface area contributed by atoms with Crippen molar-refractivity contribution in [3.63, 3.8) is 0 Å². The molecular weight excluding hydrogens is 709 g/mol. The third kappa shape index (κ3) is 5.96. The summed E-state index contributed by atoms with van der Waals surface area (Å²) in [6.07, 6.45) is 0. The zero-order valence-electron chi connectivity index (χ0n) is 31.5. The number of para-hydroxylation sites is 4. The van der Waals surface area contributed by atoms with Crippen molar-refractivity contribution in [2.75, 3.05) is 9.80 Å². The molecule has 0 aliphatic heterocycles. The summed E-state index contributed by atoms with van der Waals surface area (Å²) in [7, 11) is 0. The molecule has 0 unspecified atom stereocenters. The standard InChI is InChI=1S/C54H36N2O2/c1-3-15-41(16-4-1)55(45-29-31-53-49(35-45)47-21-7-9-23-51(47)57-53)43-19-11-13-39(33-43)37-25-27-38(28-26-37)40-14-12-20-44(34-40)56(42-17-5-2-6-18-42)46-30-32-54-50(36-46)48-22-8-10-24-52(48)58-54/h1-36H. The summed E-state index contributed by atoms with van der Waals surface area (Å²) in [5.41, 5.74) is 14.6. The Labute approximate surface area is 336 Å². The molecule has 2 aromatic heterocycles. The van der Waals surface area contributed by atoms with Gasteiger partial charge in [-0.3, -0.25) is 0 Å². The van der Waals surface area contributed by atoms with Crippen LogP contribution in [0.25, 0.3) is 66.1 Å². The van der Waals surface area contributed by atoms with Gasteiger partial charge in [0.05, 0.1) is 0 Å². The molecule has 0 N–H and O–H groups in total. The van der Waals surface area contributed by atoms with E-state index in [0.717, 1.165) is 100 Å². The predicted octanol–water partition coefficient (Wildman–Crippen LogP) is 15.8. The first-order valence-electron chi connectivity index (χ1n) is 19.6. The van der Waals surface area contributed by atoms with E-state index in [1.807, 2.05) is 24.3 Å². The zero-order valence-corrected chi connectivity index (χ0v) is 31.5. The molecule has 11 aromatic rings. The first kappa shape index (κ1) is 33.5. The zero-order chi connectivity index (χ0) is 38.4. The number of fused-ring (bicyclic) bond motifs is 6. The van der Waals surface area contributed by atoms with Crippen LogP contribution in [0.3, 0.4) is 0 Å². The minimum absolute atomic E-state index is 0.884. The molecule has 0 fully saturated rings. The summed E-state index contributed by atoms with van der Waals surface area (Å²) in [4.78, 5) is 4.63. The highest BCUT2D eigenvalue weighted by Crippen LogP contribution is 2.42. The molecule has 0 aliphatic carbocycles. The van der Waals surface area contributed by atoms with Crippen LogP contribution >= 0.6 is 0 Å². The fourth-order valence-corrected chi connectivity index (χ4v) is 8.26. The molecule has 11 rings (SSSR count). The first-order chi connectivity index (χ1) is 28.7. The topological polar surface area (TPSA) is 32.8 Å². The predicted molar refractivity (Wildman–Crippen MR) is 241 cm³/mol. The fourth-order valence-electron chi connectivity index (χ4n) is 8.26. The number of anilines is 6. The smallest absolute Gasteiger partial charge is 0.135 e. The van der Waals surface area contributed by atoms with Crippen LogP contribution in [0.15, 0.2) is 227 Å². The molecule has 2 heterocycles. The second-order valence-electron chi connectivity index (χ2n) is 14.6. The quantitative estimate of drug-likeness (QED) is 0.155. The van der Waals surface area contributed by atoms with Crippen LogP contribution in [0, 0.1) is 0 Å². The number of furan rings is 2. The lowest BCUT2D eigenvalue weighted by molar-refractivity contribution is 0.668. The molecule has 0 saturated carbocycles. The van der Waals surface area contributed by atoms with E-state index in [1.165, 1.54) is 0 Å². The molecule has 0 bridgehead atoms. The second-order valence-corrected chi connectivity index (χ2v) is 14.6. The number of nitrogens with zero attached hydrogens (tertiary/aromatic N) is 2. The number of hydrogen-bond donors (Lipinski definition) is 0. The van der Waals surface area contributed by atoms with Gasteiger partial charge in [-0.2, -0.15) is 0 Å². The molecule has 274 valence electrons. The van der Waals surface area contributed by atoms with Gasteiger partial charge < -0.3 is 18.6 Å². The molecule has 0 radical (unpaired) electrons. The van der Waals surface area contributed by atoms with Crippen LogP contribution in [0.5, 0.6) is 0 Å². The SMILES string of the molecule is c1ccc(N(c2cccc(-c3ccc(-c4cccc(N(c5ccccc5)c5ccc6oc7ccccc7c6c5)c4)cc3)c2)c2ccc3oc4ccccc4c3c2)cc1. The largest absolute Gasteiger partial charge is 0.456 e. The molecule has 0 spiro atoms. The van der Waals surface area contributed by atoms with Crippen molar-refractivity contribution in [2.45, 2.75) is 0 Å². The lowest BCUT2D eigenvalue weighted by Gasteiger charge is -2.26. The van der Waals surface area contributed by atoms with Crippen LogP contribution in [-0.2, 0) is 0 Å². The van der Waals surface area contributed by atoms with Crippen LogP contribution in [0.1, 0.15) is 0 Å². The normalized spacial score (nSPS) is 11.4. The molecule has 58 heavy (non-hydrogen) atoms. The van der Waals surface area contributed by atoms with Gasteiger partial charge in [0.2, 0.25) is 0 Å². The van der Waals surface area contributed by atoms with Gasteiger partial charge in [-0.05, 0) is 119 Å². The Hall–Kier alpha value is -7.82. The Morgan fingerprint density at radius 1 is 0.224 bits per heavy atom. The molecule has 0 saturated heterocycles. The summed E-state index contributed by atoms with van der Waals surface area (Å²) in [6, 6.07) is 77.0. The lowest BCUT2D eigenvalue weighted by Crippen LogP contribution is -2.09. The maximum absolute atomic E-state index is 6.18. The van der Waals surface area contributed by atoms with Crippen LogP contribution < -0.4 is 9.80 Å². The third-order valence-corrected chi connectivity index (χ3v) is 11.0. The Kier molecular flexibility index (Phi) is 8.11. The molecule has 9 aromatic carbocycles. The van der Waals surface area contributed by atoms with E-state index in [2.05, 4.69) is 204 Å². The molecule has 4 nitrogen and oxygen atoms in total. The second kappa shape index (κ2) is 14.0. The van der Waals surface area contributed by atoms with E-state index < -0.39 is 0 Å². The number of hydrogen-bond acceptors (Lipinski definition) is 4. The van der Waals surface area contributed by atoms with E-state index >= 15 is 0 Å². The summed E-state index contributed by atoms with van der Waals surface area (Å²) in [5.74, 6) is 0. The molecule has 0 aliphatic rings. The first-order valence-corrected chi connectivity index (χ1v) is 19.6. The molecule has 0 amide bonds. The minimum Gasteiger partial charge on any atom is -0.456 e.